The van der Waals surface area contributed by atoms with Gasteiger partial charge >= 0.3 is 5.69 Å². The SMILES string of the molecule is CCCNC(=O)Cn1c(=O)n(-c2cccc(C)c2C)c(=O)c2cc(C)ccc21. The van der Waals surface area contributed by atoms with E-state index in [1.165, 1.54) is 9.13 Å². The van der Waals surface area contributed by atoms with E-state index in [0.29, 0.717) is 23.1 Å². The number of hydrogen-bond donors (Lipinski definition) is 1. The molecule has 6 nitrogen and oxygen atoms in total. The van der Waals surface area contributed by atoms with E-state index in [1.54, 1.807) is 18.2 Å². The molecule has 0 aliphatic heterocycles. The third-order valence-corrected chi connectivity index (χ3v) is 4.99. The van der Waals surface area contributed by atoms with Crippen LogP contribution in [-0.4, -0.2) is 21.6 Å². The average molecular weight is 379 g/mol. The van der Waals surface area contributed by atoms with Crippen LogP contribution in [0.25, 0.3) is 16.6 Å². The first-order chi connectivity index (χ1) is 13.3. The first kappa shape index (κ1) is 19.6. The van der Waals surface area contributed by atoms with Gasteiger partial charge < -0.3 is 5.32 Å². The molecule has 0 spiro atoms. The van der Waals surface area contributed by atoms with Crippen LogP contribution in [0.3, 0.4) is 0 Å². The highest BCUT2D eigenvalue weighted by Gasteiger charge is 2.18. The Bertz CT molecular complexity index is 1170. The topological polar surface area (TPSA) is 73.1 Å². The molecule has 6 heteroatoms. The molecular weight excluding hydrogens is 354 g/mol. The Morgan fingerprint density at radius 2 is 1.82 bits per heavy atom. The molecule has 0 fully saturated rings. The Kier molecular flexibility index (Phi) is 5.49. The van der Waals surface area contributed by atoms with Gasteiger partial charge in [-0.15, -0.1) is 0 Å². The Hall–Kier alpha value is -3.15. The first-order valence-corrected chi connectivity index (χ1v) is 9.44. The minimum absolute atomic E-state index is 0.135. The van der Waals surface area contributed by atoms with E-state index in [4.69, 9.17) is 0 Å². The van der Waals surface area contributed by atoms with Crippen molar-refractivity contribution in [2.45, 2.75) is 40.7 Å². The molecule has 1 amide bonds. The van der Waals surface area contributed by atoms with Gasteiger partial charge in [0.05, 0.1) is 16.6 Å². The Morgan fingerprint density at radius 1 is 1.07 bits per heavy atom. The molecule has 0 saturated heterocycles. The van der Waals surface area contributed by atoms with Gasteiger partial charge in [0, 0.05) is 6.54 Å². The van der Waals surface area contributed by atoms with Crippen LogP contribution in [0.1, 0.15) is 30.0 Å². The van der Waals surface area contributed by atoms with Crippen molar-refractivity contribution in [3.63, 3.8) is 0 Å². The molecule has 3 aromatic rings. The average Bonchev–Trinajstić information content (AvgIpc) is 2.67. The van der Waals surface area contributed by atoms with Crippen LogP contribution in [0.4, 0.5) is 0 Å². The van der Waals surface area contributed by atoms with Gasteiger partial charge in [-0.05, 0) is 56.5 Å². The Balaban J connectivity index is 2.33. The van der Waals surface area contributed by atoms with Crippen LogP contribution in [0, 0.1) is 20.8 Å². The van der Waals surface area contributed by atoms with Gasteiger partial charge in [-0.1, -0.05) is 30.7 Å². The summed E-state index contributed by atoms with van der Waals surface area (Å²) in [4.78, 5) is 38.9. The third-order valence-electron chi connectivity index (χ3n) is 4.99. The molecule has 146 valence electrons. The molecule has 0 saturated carbocycles. The van der Waals surface area contributed by atoms with Crippen LogP contribution in [0.5, 0.6) is 0 Å². The predicted molar refractivity (Wildman–Crippen MR) is 111 cm³/mol. The number of fused-ring (bicyclic) bond motifs is 1. The highest BCUT2D eigenvalue weighted by Crippen LogP contribution is 2.17. The minimum atomic E-state index is -0.512. The minimum Gasteiger partial charge on any atom is -0.355 e. The van der Waals surface area contributed by atoms with E-state index in [2.05, 4.69) is 5.32 Å². The van der Waals surface area contributed by atoms with Crippen molar-refractivity contribution in [2.75, 3.05) is 6.54 Å². The molecule has 0 bridgehead atoms. The van der Waals surface area contributed by atoms with Gasteiger partial charge in [-0.25, -0.2) is 9.36 Å². The lowest BCUT2D eigenvalue weighted by Gasteiger charge is -2.16. The van der Waals surface area contributed by atoms with E-state index in [1.807, 2.05) is 45.9 Å². The van der Waals surface area contributed by atoms with Gasteiger partial charge in [-0.3, -0.25) is 14.2 Å². The maximum atomic E-state index is 13.3. The van der Waals surface area contributed by atoms with Crippen LogP contribution in [0.15, 0.2) is 46.0 Å². The number of nitrogens with zero attached hydrogens (tertiary/aromatic N) is 2. The first-order valence-electron chi connectivity index (χ1n) is 9.44. The van der Waals surface area contributed by atoms with E-state index >= 15 is 0 Å². The van der Waals surface area contributed by atoms with E-state index in [0.717, 1.165) is 23.1 Å². The summed E-state index contributed by atoms with van der Waals surface area (Å²) in [6.07, 6.45) is 0.808. The highest BCUT2D eigenvalue weighted by atomic mass is 16.2. The molecular formula is C22H25N3O3. The summed E-state index contributed by atoms with van der Waals surface area (Å²) in [5, 5.41) is 3.21. The lowest BCUT2D eigenvalue weighted by molar-refractivity contribution is -0.121. The summed E-state index contributed by atoms with van der Waals surface area (Å²) in [5.74, 6) is -0.253. The molecule has 1 heterocycles. The molecule has 0 aliphatic carbocycles. The van der Waals surface area contributed by atoms with Crippen LogP contribution < -0.4 is 16.6 Å². The molecule has 0 atom stereocenters. The Labute approximate surface area is 163 Å². The summed E-state index contributed by atoms with van der Waals surface area (Å²) >= 11 is 0. The second-order valence-electron chi connectivity index (χ2n) is 7.10. The normalized spacial score (nSPS) is 11.0. The van der Waals surface area contributed by atoms with Crippen molar-refractivity contribution in [2.24, 2.45) is 0 Å². The van der Waals surface area contributed by atoms with E-state index in [-0.39, 0.29) is 18.0 Å². The number of carbonyl (C=O) groups excluding carboxylic acids is 1. The second kappa shape index (κ2) is 7.84. The highest BCUT2D eigenvalue weighted by molar-refractivity contribution is 5.82. The number of aromatic nitrogens is 2. The number of amides is 1. The zero-order valence-corrected chi connectivity index (χ0v) is 16.7. The van der Waals surface area contributed by atoms with Crippen LogP contribution in [-0.2, 0) is 11.3 Å². The van der Waals surface area contributed by atoms with Gasteiger partial charge in [0.25, 0.3) is 5.56 Å². The monoisotopic (exact) mass is 379 g/mol. The molecule has 1 N–H and O–H groups in total. The molecule has 0 unspecified atom stereocenters. The van der Waals surface area contributed by atoms with Gasteiger partial charge in [-0.2, -0.15) is 0 Å². The number of benzene rings is 2. The zero-order chi connectivity index (χ0) is 20.4. The van der Waals surface area contributed by atoms with Crippen molar-refractivity contribution in [3.8, 4) is 5.69 Å². The summed E-state index contributed by atoms with van der Waals surface area (Å²) in [7, 11) is 0. The lowest BCUT2D eigenvalue weighted by atomic mass is 10.1. The van der Waals surface area contributed by atoms with Gasteiger partial charge in [0.2, 0.25) is 5.91 Å². The number of nitrogens with one attached hydrogen (secondary N) is 1. The summed E-state index contributed by atoms with van der Waals surface area (Å²) in [5.41, 5.74) is 2.88. The van der Waals surface area contributed by atoms with Crippen molar-refractivity contribution in [1.82, 2.24) is 14.5 Å². The number of aryl methyl sites for hydroxylation is 2. The van der Waals surface area contributed by atoms with Gasteiger partial charge in [0.15, 0.2) is 0 Å². The summed E-state index contributed by atoms with van der Waals surface area (Å²) in [6, 6.07) is 10.8. The smallest absolute Gasteiger partial charge is 0.336 e. The van der Waals surface area contributed by atoms with Crippen molar-refractivity contribution in [3.05, 3.63) is 73.9 Å². The zero-order valence-electron chi connectivity index (χ0n) is 16.7. The second-order valence-corrected chi connectivity index (χ2v) is 7.10. The fraction of sp³-hybridized carbons (Fsp3) is 0.318. The number of rotatable bonds is 5. The fourth-order valence-corrected chi connectivity index (χ4v) is 3.29. The molecule has 0 radical (unpaired) electrons. The van der Waals surface area contributed by atoms with E-state index < -0.39 is 5.69 Å². The van der Waals surface area contributed by atoms with Crippen molar-refractivity contribution < 1.29 is 4.79 Å². The third kappa shape index (κ3) is 3.50. The standard InChI is InChI=1S/C22H25N3O3/c1-5-11-23-20(26)13-24-19-10-9-14(2)12-17(19)21(27)25(22(24)28)18-8-6-7-15(3)16(18)4/h6-10,12H,5,11,13H2,1-4H3,(H,23,26). The van der Waals surface area contributed by atoms with Crippen molar-refractivity contribution in [1.29, 1.82) is 0 Å². The molecule has 1 aromatic heterocycles. The molecule has 28 heavy (non-hydrogen) atoms. The molecule has 0 aliphatic rings. The maximum Gasteiger partial charge on any atom is 0.336 e. The number of carbonyl (C=O) groups is 1. The Morgan fingerprint density at radius 3 is 2.54 bits per heavy atom. The van der Waals surface area contributed by atoms with Crippen molar-refractivity contribution >= 4 is 16.8 Å². The molecule has 3 rings (SSSR count). The number of hydrogen-bond acceptors (Lipinski definition) is 3. The predicted octanol–water partition coefficient (Wildman–Crippen LogP) is 2.60. The summed E-state index contributed by atoms with van der Waals surface area (Å²) in [6.45, 7) is 8.09. The lowest BCUT2D eigenvalue weighted by Crippen LogP contribution is -2.42. The quantitative estimate of drug-likeness (QED) is 0.741. The largest absolute Gasteiger partial charge is 0.355 e. The molecule has 2 aromatic carbocycles. The maximum absolute atomic E-state index is 13.3. The fourth-order valence-electron chi connectivity index (χ4n) is 3.29. The van der Waals surface area contributed by atoms with Crippen LogP contribution in [0.2, 0.25) is 0 Å². The van der Waals surface area contributed by atoms with Crippen LogP contribution >= 0.6 is 0 Å². The van der Waals surface area contributed by atoms with E-state index in [9.17, 15) is 14.4 Å². The van der Waals surface area contributed by atoms with Gasteiger partial charge in [0.1, 0.15) is 6.54 Å². The summed E-state index contributed by atoms with van der Waals surface area (Å²) < 4.78 is 2.56.